The van der Waals surface area contributed by atoms with E-state index in [1.165, 1.54) is 24.4 Å². The lowest BCUT2D eigenvalue weighted by atomic mass is 10.1. The van der Waals surface area contributed by atoms with Crippen molar-refractivity contribution in [2.45, 2.75) is 56.3 Å². The van der Waals surface area contributed by atoms with Crippen LogP contribution in [-0.2, 0) is 14.6 Å². The van der Waals surface area contributed by atoms with Crippen LogP contribution in [-0.4, -0.2) is 47.1 Å². The van der Waals surface area contributed by atoms with Gasteiger partial charge in [0.1, 0.15) is 22.1 Å². The predicted octanol–water partition coefficient (Wildman–Crippen LogP) is 4.77. The quantitative estimate of drug-likeness (QED) is 0.364. The minimum absolute atomic E-state index is 0.0370. The number of carbonyl (C=O) groups is 3. The Kier molecular flexibility index (Phi) is 7.70. The van der Waals surface area contributed by atoms with Crippen molar-refractivity contribution in [1.82, 2.24) is 9.97 Å². The molecular formula is C25H26FN5O6S2. The molecule has 2 aromatic heterocycles. The van der Waals surface area contributed by atoms with Crippen LogP contribution in [0.15, 0.2) is 41.6 Å². The number of aromatic nitrogens is 2. The fraction of sp³-hybridized carbons (Fsp3) is 0.320. The van der Waals surface area contributed by atoms with Gasteiger partial charge in [-0.1, -0.05) is 11.3 Å². The molecule has 3 aromatic rings. The van der Waals surface area contributed by atoms with Gasteiger partial charge in [-0.2, -0.15) is 0 Å². The highest BCUT2D eigenvalue weighted by Gasteiger charge is 2.37. The summed E-state index contributed by atoms with van der Waals surface area (Å²) >= 11 is 0.905. The number of ether oxygens (including phenoxy) is 1. The molecule has 0 unspecified atom stereocenters. The Morgan fingerprint density at radius 1 is 1.03 bits per heavy atom. The highest BCUT2D eigenvalue weighted by atomic mass is 32.2. The molecule has 206 valence electrons. The van der Waals surface area contributed by atoms with Gasteiger partial charge in [-0.25, -0.2) is 27.6 Å². The Labute approximate surface area is 228 Å². The van der Waals surface area contributed by atoms with Gasteiger partial charge in [-0.3, -0.25) is 14.9 Å². The lowest BCUT2D eigenvalue weighted by Gasteiger charge is -2.18. The Bertz CT molecular complexity index is 1540. The van der Waals surface area contributed by atoms with Crippen LogP contribution in [0.1, 0.15) is 59.2 Å². The van der Waals surface area contributed by atoms with Gasteiger partial charge in [0, 0.05) is 11.9 Å². The maximum absolute atomic E-state index is 14.7. The molecule has 0 atom stereocenters. The summed E-state index contributed by atoms with van der Waals surface area (Å²) in [5, 5.41) is 7.25. The maximum atomic E-state index is 14.7. The van der Waals surface area contributed by atoms with E-state index < -0.39 is 44.4 Å². The van der Waals surface area contributed by atoms with Crippen molar-refractivity contribution in [1.29, 1.82) is 0 Å². The monoisotopic (exact) mass is 575 g/mol. The average molecular weight is 576 g/mol. The van der Waals surface area contributed by atoms with Crippen molar-refractivity contribution in [2.24, 2.45) is 0 Å². The third kappa shape index (κ3) is 6.95. The third-order valence-electron chi connectivity index (χ3n) is 5.41. The van der Waals surface area contributed by atoms with Crippen molar-refractivity contribution < 1.29 is 31.9 Å². The van der Waals surface area contributed by atoms with E-state index in [1.54, 1.807) is 27.7 Å². The lowest BCUT2D eigenvalue weighted by Crippen LogP contribution is -2.27. The summed E-state index contributed by atoms with van der Waals surface area (Å²) in [7, 11) is -3.43. The van der Waals surface area contributed by atoms with Crippen LogP contribution in [0.25, 0.3) is 0 Å². The SMILES string of the molecule is Cc1cc(F)c(C(=O)Nc2ccc(S(=O)(=O)C3CC3)cn2)cc1NC(=O)c1cnc(NC(=O)OC(C)(C)C)s1. The first-order chi connectivity index (χ1) is 18.2. The lowest BCUT2D eigenvalue weighted by molar-refractivity contribution is 0.0635. The smallest absolute Gasteiger partial charge is 0.413 e. The third-order valence-corrected chi connectivity index (χ3v) is 8.57. The summed E-state index contributed by atoms with van der Waals surface area (Å²) in [6.45, 7) is 6.69. The molecule has 2 heterocycles. The summed E-state index contributed by atoms with van der Waals surface area (Å²) in [5.74, 6) is -2.21. The zero-order chi connectivity index (χ0) is 28.5. The molecule has 39 heavy (non-hydrogen) atoms. The molecule has 1 aromatic carbocycles. The zero-order valence-electron chi connectivity index (χ0n) is 21.5. The van der Waals surface area contributed by atoms with Crippen molar-refractivity contribution >= 4 is 55.7 Å². The number of nitrogens with one attached hydrogen (secondary N) is 3. The van der Waals surface area contributed by atoms with Gasteiger partial charge < -0.3 is 15.4 Å². The molecule has 1 fully saturated rings. The molecule has 0 bridgehead atoms. The van der Waals surface area contributed by atoms with Gasteiger partial charge in [0.2, 0.25) is 0 Å². The first-order valence-electron chi connectivity index (χ1n) is 11.8. The van der Waals surface area contributed by atoms with Crippen LogP contribution >= 0.6 is 11.3 Å². The number of rotatable bonds is 7. The van der Waals surface area contributed by atoms with Gasteiger partial charge in [-0.15, -0.1) is 0 Å². The first-order valence-corrected chi connectivity index (χ1v) is 14.2. The van der Waals surface area contributed by atoms with Crippen molar-refractivity contribution in [3.05, 3.63) is 58.5 Å². The number of pyridine rings is 1. The summed E-state index contributed by atoms with van der Waals surface area (Å²) in [6, 6.07) is 4.96. The van der Waals surface area contributed by atoms with Gasteiger partial charge >= 0.3 is 6.09 Å². The van der Waals surface area contributed by atoms with E-state index in [4.69, 9.17) is 4.74 Å². The van der Waals surface area contributed by atoms with E-state index in [0.29, 0.717) is 18.4 Å². The second-order valence-electron chi connectivity index (χ2n) is 9.84. The molecule has 3 N–H and O–H groups in total. The highest BCUT2D eigenvalue weighted by molar-refractivity contribution is 7.92. The number of amides is 3. The Balaban J connectivity index is 1.44. The fourth-order valence-corrected chi connectivity index (χ4v) is 5.67. The summed E-state index contributed by atoms with van der Waals surface area (Å²) < 4.78 is 44.5. The molecule has 0 aliphatic heterocycles. The van der Waals surface area contributed by atoms with E-state index in [-0.39, 0.29) is 32.0 Å². The number of carbonyl (C=O) groups excluding carboxylic acids is 3. The number of hydrogen-bond acceptors (Lipinski definition) is 9. The molecule has 1 aliphatic rings. The molecular weight excluding hydrogens is 549 g/mol. The predicted molar refractivity (Wildman–Crippen MR) is 143 cm³/mol. The first kappa shape index (κ1) is 28.1. The number of thiazole rings is 1. The minimum atomic E-state index is -3.43. The van der Waals surface area contributed by atoms with Crippen molar-refractivity contribution in [2.75, 3.05) is 16.0 Å². The number of benzene rings is 1. The highest BCUT2D eigenvalue weighted by Crippen LogP contribution is 2.33. The molecule has 0 radical (unpaired) electrons. The normalized spacial score (nSPS) is 13.5. The van der Waals surface area contributed by atoms with Gasteiger partial charge in [0.05, 0.1) is 21.9 Å². The largest absolute Gasteiger partial charge is 0.444 e. The van der Waals surface area contributed by atoms with Crippen LogP contribution < -0.4 is 16.0 Å². The second-order valence-corrected chi connectivity index (χ2v) is 13.1. The van der Waals surface area contributed by atoms with E-state index in [0.717, 1.165) is 23.6 Å². The van der Waals surface area contributed by atoms with Gasteiger partial charge in [0.15, 0.2) is 15.0 Å². The molecule has 4 rings (SSSR count). The van der Waals surface area contributed by atoms with E-state index in [2.05, 4.69) is 25.9 Å². The molecule has 0 spiro atoms. The number of hydrogen-bond donors (Lipinski definition) is 3. The van der Waals surface area contributed by atoms with Crippen LogP contribution in [0.3, 0.4) is 0 Å². The summed E-state index contributed by atoms with van der Waals surface area (Å²) in [6.07, 6.45) is 2.92. The number of anilines is 3. The van der Waals surface area contributed by atoms with E-state index >= 15 is 0 Å². The number of aryl methyl sites for hydroxylation is 1. The molecule has 0 saturated heterocycles. The molecule has 1 aliphatic carbocycles. The Morgan fingerprint density at radius 2 is 1.74 bits per heavy atom. The maximum Gasteiger partial charge on any atom is 0.413 e. The summed E-state index contributed by atoms with van der Waals surface area (Å²) in [5.41, 5.74) is -0.520. The van der Waals surface area contributed by atoms with E-state index in [1.807, 2.05) is 0 Å². The fourth-order valence-electron chi connectivity index (χ4n) is 3.37. The molecule has 14 heteroatoms. The zero-order valence-corrected chi connectivity index (χ0v) is 23.1. The van der Waals surface area contributed by atoms with Crippen LogP contribution in [0.4, 0.5) is 25.8 Å². The number of nitrogens with zero attached hydrogens (tertiary/aromatic N) is 2. The Hall–Kier alpha value is -3.91. The topological polar surface area (TPSA) is 156 Å². The van der Waals surface area contributed by atoms with Crippen molar-refractivity contribution in [3.8, 4) is 0 Å². The average Bonchev–Trinajstić information content (AvgIpc) is 3.60. The standard InChI is InChI=1S/C25H26FN5O6S2/c1-13-9-17(26)16(21(32)30-20-8-7-15(11-27-20)39(35,36)14-5-6-14)10-18(13)29-22(33)19-12-28-23(38-19)31-24(34)37-25(2,3)4/h7-12,14H,5-6H2,1-4H3,(H,29,33)(H,27,30,32)(H,28,31,34). The molecule has 3 amide bonds. The van der Waals surface area contributed by atoms with Crippen LogP contribution in [0.5, 0.6) is 0 Å². The number of halogens is 1. The van der Waals surface area contributed by atoms with Gasteiger partial charge in [-0.05, 0) is 70.4 Å². The molecule has 11 nitrogen and oxygen atoms in total. The van der Waals surface area contributed by atoms with Crippen LogP contribution in [0.2, 0.25) is 0 Å². The minimum Gasteiger partial charge on any atom is -0.444 e. The summed E-state index contributed by atoms with van der Waals surface area (Å²) in [4.78, 5) is 45.7. The number of sulfone groups is 1. The molecule has 1 saturated carbocycles. The van der Waals surface area contributed by atoms with Crippen molar-refractivity contribution in [3.63, 3.8) is 0 Å². The second kappa shape index (κ2) is 10.7. The van der Waals surface area contributed by atoms with Crippen LogP contribution in [0, 0.1) is 12.7 Å². The van der Waals surface area contributed by atoms with Gasteiger partial charge in [0.25, 0.3) is 11.8 Å². The Morgan fingerprint density at radius 3 is 2.36 bits per heavy atom. The van der Waals surface area contributed by atoms with E-state index in [9.17, 15) is 27.2 Å².